The first kappa shape index (κ1) is 25.1. The lowest BCUT2D eigenvalue weighted by Crippen LogP contribution is -2.44. The van der Waals surface area contributed by atoms with Crippen molar-refractivity contribution in [2.75, 3.05) is 31.5 Å². The summed E-state index contributed by atoms with van der Waals surface area (Å²) in [5, 5.41) is 7.86. The van der Waals surface area contributed by atoms with Crippen molar-refractivity contribution in [1.82, 2.24) is 15.5 Å². The molecule has 2 aromatic rings. The number of rotatable bonds is 8. The molecule has 3 N–H and O–H groups in total. The number of nitrogens with zero attached hydrogens (tertiary/aromatic N) is 1. The summed E-state index contributed by atoms with van der Waals surface area (Å²) in [5.41, 5.74) is 0.104. The molecule has 1 aliphatic rings. The van der Waals surface area contributed by atoms with E-state index in [1.807, 2.05) is 0 Å². The lowest BCUT2D eigenvalue weighted by molar-refractivity contribution is -0.133. The lowest BCUT2D eigenvalue weighted by Gasteiger charge is -2.33. The van der Waals surface area contributed by atoms with Gasteiger partial charge >= 0.3 is 6.03 Å². The number of anilines is 1. The largest absolute Gasteiger partial charge is 0.352 e. The highest BCUT2D eigenvalue weighted by Crippen LogP contribution is 2.17. The fraction of sp³-hybridized carbons (Fsp3) is 0.375. The van der Waals surface area contributed by atoms with Gasteiger partial charge in [-0.05, 0) is 55.5 Å². The molecule has 0 aromatic heterocycles. The van der Waals surface area contributed by atoms with Crippen molar-refractivity contribution in [2.24, 2.45) is 5.92 Å². The van der Waals surface area contributed by atoms with Gasteiger partial charge in [0.15, 0.2) is 0 Å². The summed E-state index contributed by atoms with van der Waals surface area (Å²) in [6.07, 6.45) is 2.27. The van der Waals surface area contributed by atoms with E-state index < -0.39 is 29.4 Å². The van der Waals surface area contributed by atoms with Gasteiger partial charge in [-0.3, -0.25) is 9.59 Å². The molecular formula is C24H27F3N4O3. The Morgan fingerprint density at radius 1 is 1.00 bits per heavy atom. The second-order valence-electron chi connectivity index (χ2n) is 8.18. The molecule has 34 heavy (non-hydrogen) atoms. The number of hydrogen-bond donors (Lipinski definition) is 3. The summed E-state index contributed by atoms with van der Waals surface area (Å²) in [6, 6.07) is 7.88. The minimum absolute atomic E-state index is 0.0591. The zero-order valence-electron chi connectivity index (χ0n) is 18.6. The van der Waals surface area contributed by atoms with E-state index in [0.717, 1.165) is 25.0 Å². The SMILES string of the molecule is O=C(NCC1CCCN(C(=O)CCCNC(=O)c2ccc(F)cc2F)C1)Nc1cccc(F)c1. The van der Waals surface area contributed by atoms with E-state index in [4.69, 9.17) is 0 Å². The highest BCUT2D eigenvalue weighted by atomic mass is 19.1. The van der Waals surface area contributed by atoms with Crippen molar-refractivity contribution in [3.05, 3.63) is 65.5 Å². The molecular weight excluding hydrogens is 449 g/mol. The number of carbonyl (C=O) groups is 3. The second kappa shape index (κ2) is 12.1. The molecule has 182 valence electrons. The molecule has 0 radical (unpaired) electrons. The van der Waals surface area contributed by atoms with Crippen molar-refractivity contribution in [1.29, 1.82) is 0 Å². The van der Waals surface area contributed by atoms with Crippen LogP contribution in [0.4, 0.5) is 23.7 Å². The van der Waals surface area contributed by atoms with E-state index >= 15 is 0 Å². The predicted molar refractivity (Wildman–Crippen MR) is 121 cm³/mol. The van der Waals surface area contributed by atoms with E-state index in [9.17, 15) is 27.6 Å². The third-order valence-electron chi connectivity index (χ3n) is 5.53. The maximum Gasteiger partial charge on any atom is 0.319 e. The topological polar surface area (TPSA) is 90.5 Å². The number of amides is 4. The Balaban J connectivity index is 1.35. The minimum atomic E-state index is -0.939. The molecule has 1 aliphatic heterocycles. The van der Waals surface area contributed by atoms with Crippen LogP contribution in [-0.2, 0) is 4.79 Å². The van der Waals surface area contributed by atoms with Gasteiger partial charge in [-0.15, -0.1) is 0 Å². The molecule has 2 aromatic carbocycles. The number of piperidine rings is 1. The maximum atomic E-state index is 13.6. The summed E-state index contributed by atoms with van der Waals surface area (Å²) < 4.78 is 39.8. The summed E-state index contributed by atoms with van der Waals surface area (Å²) in [5.74, 6) is -2.77. The number of carbonyl (C=O) groups excluding carboxylic acids is 3. The van der Waals surface area contributed by atoms with Crippen LogP contribution in [0.25, 0.3) is 0 Å². The van der Waals surface area contributed by atoms with Crippen LogP contribution in [0.15, 0.2) is 42.5 Å². The molecule has 3 rings (SSSR count). The van der Waals surface area contributed by atoms with Gasteiger partial charge in [0, 0.05) is 44.4 Å². The van der Waals surface area contributed by atoms with Gasteiger partial charge in [0.25, 0.3) is 5.91 Å². The summed E-state index contributed by atoms with van der Waals surface area (Å²) in [7, 11) is 0. The number of halogens is 3. The molecule has 7 nitrogen and oxygen atoms in total. The van der Waals surface area contributed by atoms with Crippen molar-refractivity contribution < 1.29 is 27.6 Å². The number of benzene rings is 2. The zero-order chi connectivity index (χ0) is 24.5. The molecule has 0 bridgehead atoms. The first-order valence-corrected chi connectivity index (χ1v) is 11.1. The Morgan fingerprint density at radius 2 is 1.79 bits per heavy atom. The predicted octanol–water partition coefficient (Wildman–Crippen LogP) is 3.67. The molecule has 1 heterocycles. The van der Waals surface area contributed by atoms with Gasteiger partial charge in [-0.25, -0.2) is 18.0 Å². The zero-order valence-corrected chi connectivity index (χ0v) is 18.6. The molecule has 0 saturated carbocycles. The van der Waals surface area contributed by atoms with E-state index in [0.29, 0.717) is 37.8 Å². The van der Waals surface area contributed by atoms with Crippen LogP contribution in [0.3, 0.4) is 0 Å². The van der Waals surface area contributed by atoms with Gasteiger partial charge in [-0.1, -0.05) is 6.07 Å². The summed E-state index contributed by atoms with van der Waals surface area (Å²) >= 11 is 0. The molecule has 4 amide bonds. The lowest BCUT2D eigenvalue weighted by atomic mass is 9.97. The van der Waals surface area contributed by atoms with Gasteiger partial charge in [0.1, 0.15) is 17.5 Å². The Labute approximate surface area is 195 Å². The highest BCUT2D eigenvalue weighted by molar-refractivity contribution is 5.94. The van der Waals surface area contributed by atoms with Crippen molar-refractivity contribution in [3.63, 3.8) is 0 Å². The normalized spacial score (nSPS) is 15.5. The number of likely N-dealkylation sites (tertiary alicyclic amines) is 1. The Morgan fingerprint density at radius 3 is 2.56 bits per heavy atom. The van der Waals surface area contributed by atoms with Gasteiger partial charge in [-0.2, -0.15) is 0 Å². The molecule has 10 heteroatoms. The second-order valence-corrected chi connectivity index (χ2v) is 8.18. The quantitative estimate of drug-likeness (QED) is 0.508. The monoisotopic (exact) mass is 476 g/mol. The first-order chi connectivity index (χ1) is 16.3. The Bertz CT molecular complexity index is 1030. The smallest absolute Gasteiger partial charge is 0.319 e. The fourth-order valence-corrected chi connectivity index (χ4v) is 3.81. The number of nitrogens with one attached hydrogen (secondary N) is 3. The van der Waals surface area contributed by atoms with Crippen molar-refractivity contribution in [3.8, 4) is 0 Å². The highest BCUT2D eigenvalue weighted by Gasteiger charge is 2.24. The molecule has 0 aliphatic carbocycles. The van der Waals surface area contributed by atoms with Gasteiger partial charge < -0.3 is 20.9 Å². The Kier molecular flexibility index (Phi) is 8.89. The standard InChI is InChI=1S/C24H27F3N4O3/c25-17-5-1-6-19(12-17)30-24(34)29-14-16-4-3-11-31(15-16)22(32)7-2-10-28-23(33)20-9-8-18(26)13-21(20)27/h1,5-6,8-9,12-13,16H,2-4,7,10-11,14-15H2,(H,28,33)(H2,29,30,34). The van der Waals surface area contributed by atoms with E-state index in [-0.39, 0.29) is 30.4 Å². The molecule has 1 saturated heterocycles. The fourth-order valence-electron chi connectivity index (χ4n) is 3.81. The molecule has 0 spiro atoms. The minimum Gasteiger partial charge on any atom is -0.352 e. The van der Waals surface area contributed by atoms with Gasteiger partial charge in [0.05, 0.1) is 5.56 Å². The summed E-state index contributed by atoms with van der Waals surface area (Å²) in [4.78, 5) is 38.3. The van der Waals surface area contributed by atoms with E-state index in [2.05, 4.69) is 16.0 Å². The van der Waals surface area contributed by atoms with Crippen LogP contribution in [-0.4, -0.2) is 48.9 Å². The van der Waals surface area contributed by atoms with Crippen molar-refractivity contribution >= 4 is 23.5 Å². The number of urea groups is 1. The van der Waals surface area contributed by atoms with E-state index in [1.54, 1.807) is 11.0 Å². The third-order valence-corrected chi connectivity index (χ3v) is 5.53. The third kappa shape index (κ3) is 7.50. The van der Waals surface area contributed by atoms with Crippen LogP contribution in [0.2, 0.25) is 0 Å². The Hall–Kier alpha value is -3.56. The average Bonchev–Trinajstić information content (AvgIpc) is 2.80. The van der Waals surface area contributed by atoms with Crippen LogP contribution in [0, 0.1) is 23.4 Å². The maximum absolute atomic E-state index is 13.6. The van der Waals surface area contributed by atoms with Crippen LogP contribution >= 0.6 is 0 Å². The van der Waals surface area contributed by atoms with E-state index in [1.165, 1.54) is 18.2 Å². The average molecular weight is 476 g/mol. The van der Waals surface area contributed by atoms with Crippen LogP contribution in [0.1, 0.15) is 36.0 Å². The summed E-state index contributed by atoms with van der Waals surface area (Å²) in [6.45, 7) is 1.69. The molecule has 1 fully saturated rings. The van der Waals surface area contributed by atoms with Crippen LogP contribution in [0.5, 0.6) is 0 Å². The molecule has 1 atom stereocenters. The first-order valence-electron chi connectivity index (χ1n) is 11.1. The molecule has 1 unspecified atom stereocenters. The van der Waals surface area contributed by atoms with Crippen LogP contribution < -0.4 is 16.0 Å². The van der Waals surface area contributed by atoms with Crippen molar-refractivity contribution in [2.45, 2.75) is 25.7 Å². The van der Waals surface area contributed by atoms with Gasteiger partial charge in [0.2, 0.25) is 5.91 Å². The number of hydrogen-bond acceptors (Lipinski definition) is 3.